The van der Waals surface area contributed by atoms with Gasteiger partial charge in [-0.3, -0.25) is 4.79 Å². The predicted molar refractivity (Wildman–Crippen MR) is 117 cm³/mol. The number of hydrogen-bond acceptors (Lipinski definition) is 6. The second-order valence-electron chi connectivity index (χ2n) is 7.26. The van der Waals surface area contributed by atoms with E-state index >= 15 is 0 Å². The second kappa shape index (κ2) is 9.87. The standard InChI is InChI=1S/C25H23NO6/c1-17(24(27)26-14-19-10-11-22-23(12-19)31-16-30-22)32-25(28)20-8-5-9-21(13-20)29-15-18-6-3-2-4-7-18/h2-13,17H,14-16H2,1H3,(H,26,27)/t17-/m1/s1. The lowest BCUT2D eigenvalue weighted by Gasteiger charge is -2.14. The van der Waals surface area contributed by atoms with E-state index < -0.39 is 18.0 Å². The first kappa shape index (κ1) is 21.2. The maximum atomic E-state index is 12.5. The number of esters is 1. The Hall–Kier alpha value is -4.00. The molecule has 32 heavy (non-hydrogen) atoms. The van der Waals surface area contributed by atoms with Crippen LogP contribution < -0.4 is 19.5 Å². The van der Waals surface area contributed by atoms with Crippen molar-refractivity contribution in [2.75, 3.05) is 6.79 Å². The molecule has 0 unspecified atom stereocenters. The van der Waals surface area contributed by atoms with Crippen LogP contribution in [0.2, 0.25) is 0 Å². The Labute approximate surface area is 185 Å². The number of nitrogens with one attached hydrogen (secondary N) is 1. The van der Waals surface area contributed by atoms with Crippen molar-refractivity contribution in [3.63, 3.8) is 0 Å². The van der Waals surface area contributed by atoms with Crippen LogP contribution >= 0.6 is 0 Å². The lowest BCUT2D eigenvalue weighted by atomic mass is 10.2. The van der Waals surface area contributed by atoms with E-state index in [0.29, 0.717) is 29.4 Å². The van der Waals surface area contributed by atoms with E-state index in [-0.39, 0.29) is 13.3 Å². The van der Waals surface area contributed by atoms with Crippen LogP contribution in [0.3, 0.4) is 0 Å². The van der Waals surface area contributed by atoms with Gasteiger partial charge in [-0.1, -0.05) is 42.5 Å². The molecule has 0 saturated carbocycles. The summed E-state index contributed by atoms with van der Waals surface area (Å²) in [5.74, 6) is 0.875. The normalized spacial score (nSPS) is 12.7. The molecular formula is C25H23NO6. The van der Waals surface area contributed by atoms with Crippen molar-refractivity contribution in [1.29, 1.82) is 0 Å². The van der Waals surface area contributed by atoms with Gasteiger partial charge in [0.1, 0.15) is 12.4 Å². The quantitative estimate of drug-likeness (QED) is 0.544. The van der Waals surface area contributed by atoms with Gasteiger partial charge in [-0.2, -0.15) is 0 Å². The van der Waals surface area contributed by atoms with E-state index in [1.165, 1.54) is 6.92 Å². The molecule has 1 aliphatic rings. The Balaban J connectivity index is 1.28. The Bertz CT molecular complexity index is 1100. The smallest absolute Gasteiger partial charge is 0.339 e. The third-order valence-corrected chi connectivity index (χ3v) is 4.87. The molecule has 7 heteroatoms. The van der Waals surface area contributed by atoms with Gasteiger partial charge in [0.15, 0.2) is 17.6 Å². The van der Waals surface area contributed by atoms with Gasteiger partial charge in [0, 0.05) is 6.54 Å². The Kier molecular flexibility index (Phi) is 6.55. The van der Waals surface area contributed by atoms with Gasteiger partial charge in [0.25, 0.3) is 5.91 Å². The fraction of sp³-hybridized carbons (Fsp3) is 0.200. The van der Waals surface area contributed by atoms with Gasteiger partial charge >= 0.3 is 5.97 Å². The van der Waals surface area contributed by atoms with Crippen molar-refractivity contribution in [1.82, 2.24) is 5.32 Å². The molecule has 0 radical (unpaired) electrons. The third-order valence-electron chi connectivity index (χ3n) is 4.87. The van der Waals surface area contributed by atoms with Crippen LogP contribution in [0.15, 0.2) is 72.8 Å². The van der Waals surface area contributed by atoms with E-state index in [4.69, 9.17) is 18.9 Å². The molecule has 3 aromatic rings. The van der Waals surface area contributed by atoms with Gasteiger partial charge < -0.3 is 24.3 Å². The number of amides is 1. The van der Waals surface area contributed by atoms with Crippen LogP contribution in [-0.2, 0) is 22.7 Å². The van der Waals surface area contributed by atoms with Crippen molar-refractivity contribution < 1.29 is 28.5 Å². The first-order valence-corrected chi connectivity index (χ1v) is 10.2. The molecule has 0 saturated heterocycles. The van der Waals surface area contributed by atoms with E-state index in [2.05, 4.69) is 5.32 Å². The number of ether oxygens (including phenoxy) is 4. The number of carbonyl (C=O) groups is 2. The summed E-state index contributed by atoms with van der Waals surface area (Å²) in [6.07, 6.45) is -0.953. The highest BCUT2D eigenvalue weighted by atomic mass is 16.7. The summed E-state index contributed by atoms with van der Waals surface area (Å²) in [5, 5.41) is 2.76. The molecule has 1 N–H and O–H groups in total. The highest BCUT2D eigenvalue weighted by Crippen LogP contribution is 2.32. The topological polar surface area (TPSA) is 83.1 Å². The maximum absolute atomic E-state index is 12.5. The van der Waals surface area contributed by atoms with Gasteiger partial charge in [-0.25, -0.2) is 4.79 Å². The number of fused-ring (bicyclic) bond motifs is 1. The molecular weight excluding hydrogens is 410 g/mol. The molecule has 0 bridgehead atoms. The highest BCUT2D eigenvalue weighted by molar-refractivity contribution is 5.92. The van der Waals surface area contributed by atoms with Gasteiger partial charge in [0.05, 0.1) is 5.56 Å². The van der Waals surface area contributed by atoms with Crippen molar-refractivity contribution in [2.45, 2.75) is 26.2 Å². The first-order chi connectivity index (χ1) is 15.6. The van der Waals surface area contributed by atoms with Crippen LogP contribution in [-0.4, -0.2) is 24.8 Å². The van der Waals surface area contributed by atoms with Crippen molar-refractivity contribution >= 4 is 11.9 Å². The van der Waals surface area contributed by atoms with Crippen LogP contribution in [0, 0.1) is 0 Å². The summed E-state index contributed by atoms with van der Waals surface area (Å²) < 4.78 is 21.7. The SMILES string of the molecule is C[C@@H](OC(=O)c1cccc(OCc2ccccc2)c1)C(=O)NCc1ccc2c(c1)OCO2. The molecule has 1 amide bonds. The third kappa shape index (κ3) is 5.37. The number of rotatable bonds is 8. The fourth-order valence-electron chi connectivity index (χ4n) is 3.12. The van der Waals surface area contributed by atoms with Crippen LogP contribution in [0.1, 0.15) is 28.4 Å². The zero-order chi connectivity index (χ0) is 22.3. The fourth-order valence-corrected chi connectivity index (χ4v) is 3.12. The summed E-state index contributed by atoms with van der Waals surface area (Å²) in [6.45, 7) is 2.39. The average Bonchev–Trinajstić information content (AvgIpc) is 3.30. The summed E-state index contributed by atoms with van der Waals surface area (Å²) >= 11 is 0. The molecule has 3 aromatic carbocycles. The Morgan fingerprint density at radius 1 is 0.938 bits per heavy atom. The number of carbonyl (C=O) groups excluding carboxylic acids is 2. The molecule has 1 heterocycles. The molecule has 0 fully saturated rings. The van der Waals surface area contributed by atoms with Gasteiger partial charge in [0.2, 0.25) is 6.79 Å². The Morgan fingerprint density at radius 2 is 1.75 bits per heavy atom. The van der Waals surface area contributed by atoms with Crippen LogP contribution in [0.25, 0.3) is 0 Å². The van der Waals surface area contributed by atoms with Crippen LogP contribution in [0.4, 0.5) is 0 Å². The van der Waals surface area contributed by atoms with Crippen molar-refractivity contribution in [2.24, 2.45) is 0 Å². The minimum absolute atomic E-state index is 0.191. The molecule has 0 aliphatic carbocycles. The predicted octanol–water partition coefficient (Wildman–Crippen LogP) is 3.86. The zero-order valence-corrected chi connectivity index (χ0v) is 17.6. The first-order valence-electron chi connectivity index (χ1n) is 10.2. The summed E-state index contributed by atoms with van der Waals surface area (Å²) in [7, 11) is 0. The van der Waals surface area contributed by atoms with Crippen molar-refractivity contribution in [3.05, 3.63) is 89.5 Å². The summed E-state index contributed by atoms with van der Waals surface area (Å²) in [5.41, 5.74) is 2.18. The van der Waals surface area contributed by atoms with E-state index in [0.717, 1.165) is 11.1 Å². The van der Waals surface area contributed by atoms with Crippen LogP contribution in [0.5, 0.6) is 17.2 Å². The van der Waals surface area contributed by atoms with Gasteiger partial charge in [-0.15, -0.1) is 0 Å². The summed E-state index contributed by atoms with van der Waals surface area (Å²) in [6, 6.07) is 21.9. The molecule has 4 rings (SSSR count). The lowest BCUT2D eigenvalue weighted by molar-refractivity contribution is -0.129. The highest BCUT2D eigenvalue weighted by Gasteiger charge is 2.20. The monoisotopic (exact) mass is 433 g/mol. The minimum Gasteiger partial charge on any atom is -0.489 e. The average molecular weight is 433 g/mol. The number of hydrogen-bond donors (Lipinski definition) is 1. The number of benzene rings is 3. The lowest BCUT2D eigenvalue weighted by Crippen LogP contribution is -2.35. The molecule has 1 aliphatic heterocycles. The van der Waals surface area contributed by atoms with Gasteiger partial charge in [-0.05, 0) is 48.4 Å². The van der Waals surface area contributed by atoms with E-state index in [1.54, 1.807) is 36.4 Å². The maximum Gasteiger partial charge on any atom is 0.339 e. The molecule has 1 atom stereocenters. The minimum atomic E-state index is -0.953. The summed E-state index contributed by atoms with van der Waals surface area (Å²) in [4.78, 5) is 24.9. The molecule has 0 aromatic heterocycles. The molecule has 7 nitrogen and oxygen atoms in total. The van der Waals surface area contributed by atoms with E-state index in [9.17, 15) is 9.59 Å². The second-order valence-corrected chi connectivity index (χ2v) is 7.26. The van der Waals surface area contributed by atoms with Crippen molar-refractivity contribution in [3.8, 4) is 17.2 Å². The molecule has 0 spiro atoms. The zero-order valence-electron chi connectivity index (χ0n) is 17.6. The molecule has 164 valence electrons. The van der Waals surface area contributed by atoms with E-state index in [1.807, 2.05) is 36.4 Å². The largest absolute Gasteiger partial charge is 0.489 e. The Morgan fingerprint density at radius 3 is 2.59 bits per heavy atom.